The maximum Gasteiger partial charge on any atom is 0.0547 e. The number of hydrogen-bond acceptors (Lipinski definition) is 0. The lowest BCUT2D eigenvalue weighted by molar-refractivity contribution is 0.967. The van der Waals surface area contributed by atoms with Crippen LogP contribution in [0, 0.1) is 0 Å². The summed E-state index contributed by atoms with van der Waals surface area (Å²) < 4.78 is 4.86. The highest BCUT2D eigenvalue weighted by molar-refractivity contribution is 6.11. The van der Waals surface area contributed by atoms with Gasteiger partial charge in [-0.15, -0.1) is 0 Å². The highest BCUT2D eigenvalue weighted by Crippen LogP contribution is 2.40. The predicted octanol–water partition coefficient (Wildman–Crippen LogP) is 12.7. The summed E-state index contributed by atoms with van der Waals surface area (Å²) in [6.07, 6.45) is 6.75. The molecular formula is C48H34N2. The van der Waals surface area contributed by atoms with Crippen LogP contribution < -0.4 is 0 Å². The van der Waals surface area contributed by atoms with Crippen LogP contribution in [0.15, 0.2) is 176 Å². The van der Waals surface area contributed by atoms with Gasteiger partial charge in [-0.05, 0) is 112 Å². The zero-order valence-corrected chi connectivity index (χ0v) is 27.6. The van der Waals surface area contributed by atoms with Crippen LogP contribution in [0.4, 0.5) is 0 Å². The second kappa shape index (κ2) is 11.6. The van der Waals surface area contributed by atoms with E-state index in [9.17, 15) is 0 Å². The van der Waals surface area contributed by atoms with Crippen LogP contribution in [0.1, 0.15) is 17.7 Å². The summed E-state index contributed by atoms with van der Waals surface area (Å²) in [5.41, 5.74) is 16.2. The zero-order chi connectivity index (χ0) is 33.0. The van der Waals surface area contributed by atoms with E-state index < -0.39 is 0 Å². The fourth-order valence-electron chi connectivity index (χ4n) is 7.99. The quantitative estimate of drug-likeness (QED) is 0.178. The number of para-hydroxylation sites is 1. The Morgan fingerprint density at radius 3 is 1.58 bits per heavy atom. The molecule has 2 heteroatoms. The largest absolute Gasteiger partial charge is 0.310 e. The van der Waals surface area contributed by atoms with Gasteiger partial charge in [-0.2, -0.15) is 0 Å². The number of allylic oxidation sites excluding steroid dienone is 1. The molecule has 0 fully saturated rings. The van der Waals surface area contributed by atoms with Crippen molar-refractivity contribution in [3.05, 3.63) is 187 Å². The van der Waals surface area contributed by atoms with Crippen molar-refractivity contribution in [2.45, 2.75) is 12.8 Å². The Morgan fingerprint density at radius 1 is 0.360 bits per heavy atom. The predicted molar refractivity (Wildman–Crippen MR) is 211 cm³/mol. The molecule has 9 aromatic rings. The molecule has 0 spiro atoms. The molecule has 10 rings (SSSR count). The van der Waals surface area contributed by atoms with E-state index in [1.165, 1.54) is 88.7 Å². The van der Waals surface area contributed by atoms with Crippen LogP contribution in [0.2, 0.25) is 0 Å². The van der Waals surface area contributed by atoms with Crippen molar-refractivity contribution in [3.63, 3.8) is 0 Å². The van der Waals surface area contributed by atoms with Crippen molar-refractivity contribution in [2.75, 3.05) is 0 Å². The van der Waals surface area contributed by atoms with E-state index >= 15 is 0 Å². The summed E-state index contributed by atoms with van der Waals surface area (Å²) in [4.78, 5) is 0. The molecule has 2 aromatic heterocycles. The molecule has 236 valence electrons. The summed E-state index contributed by atoms with van der Waals surface area (Å²) in [6.45, 7) is 0. The minimum Gasteiger partial charge on any atom is -0.310 e. The van der Waals surface area contributed by atoms with Gasteiger partial charge in [-0.25, -0.2) is 0 Å². The number of benzene rings is 7. The third kappa shape index (κ3) is 4.64. The number of aryl methyl sites for hydroxylation is 1. The van der Waals surface area contributed by atoms with Gasteiger partial charge >= 0.3 is 0 Å². The lowest BCUT2D eigenvalue weighted by atomic mass is 9.97. The molecule has 0 N–H and O–H groups in total. The van der Waals surface area contributed by atoms with Crippen molar-refractivity contribution in [2.24, 2.45) is 0 Å². The minimum absolute atomic E-state index is 1.05. The molecule has 0 amide bonds. The van der Waals surface area contributed by atoms with E-state index in [1.54, 1.807) is 0 Å². The highest BCUT2D eigenvalue weighted by atomic mass is 15.0. The number of aromatic nitrogens is 2. The summed E-state index contributed by atoms with van der Waals surface area (Å²) in [6, 6.07) is 62.0. The van der Waals surface area contributed by atoms with Crippen molar-refractivity contribution in [1.29, 1.82) is 0 Å². The molecule has 2 heterocycles. The molecule has 1 aliphatic rings. The summed E-state index contributed by atoms with van der Waals surface area (Å²) >= 11 is 0. The molecule has 2 nitrogen and oxygen atoms in total. The van der Waals surface area contributed by atoms with Crippen LogP contribution in [0.3, 0.4) is 0 Å². The van der Waals surface area contributed by atoms with Gasteiger partial charge in [-0.3, -0.25) is 0 Å². The van der Waals surface area contributed by atoms with E-state index in [0.717, 1.165) is 12.8 Å². The van der Waals surface area contributed by atoms with Crippen molar-refractivity contribution in [1.82, 2.24) is 9.13 Å². The summed E-state index contributed by atoms with van der Waals surface area (Å²) in [5, 5.41) is 3.87. The second-order valence-corrected chi connectivity index (χ2v) is 13.3. The Labute approximate surface area is 291 Å². The Balaban J connectivity index is 1.12. The van der Waals surface area contributed by atoms with Crippen LogP contribution >= 0.6 is 0 Å². The number of rotatable bonds is 5. The summed E-state index contributed by atoms with van der Waals surface area (Å²) in [7, 11) is 0. The third-order valence-electron chi connectivity index (χ3n) is 10.4. The Bertz CT molecular complexity index is 2710. The smallest absolute Gasteiger partial charge is 0.0547 e. The van der Waals surface area contributed by atoms with E-state index in [4.69, 9.17) is 0 Å². The van der Waals surface area contributed by atoms with Gasteiger partial charge in [0, 0.05) is 33.2 Å². The first-order valence-corrected chi connectivity index (χ1v) is 17.5. The van der Waals surface area contributed by atoms with E-state index in [2.05, 4.69) is 191 Å². The molecule has 0 saturated carbocycles. The molecule has 7 aromatic carbocycles. The van der Waals surface area contributed by atoms with Crippen LogP contribution in [-0.2, 0) is 6.42 Å². The Morgan fingerprint density at radius 2 is 0.880 bits per heavy atom. The molecule has 1 aliphatic carbocycles. The molecular weight excluding hydrogens is 605 g/mol. The molecule has 0 unspecified atom stereocenters. The molecule has 0 bridgehead atoms. The number of hydrogen-bond donors (Lipinski definition) is 0. The SMILES string of the molecule is C1=Cc2c(c3cc(-c4ccc5c(c4)c4ccc(-c6ccccc6)cc4n5-c4ccccc4)ccc3n2-c2ccc(-c3ccccc3)cc2)CC1. The van der Waals surface area contributed by atoms with Crippen LogP contribution in [-0.4, -0.2) is 9.13 Å². The second-order valence-electron chi connectivity index (χ2n) is 13.3. The normalized spacial score (nSPS) is 12.6. The molecule has 0 radical (unpaired) electrons. The van der Waals surface area contributed by atoms with Crippen LogP contribution in [0.25, 0.3) is 83.5 Å². The van der Waals surface area contributed by atoms with Gasteiger partial charge in [0.1, 0.15) is 0 Å². The average Bonchev–Trinajstić information content (AvgIpc) is 3.70. The van der Waals surface area contributed by atoms with Crippen molar-refractivity contribution < 1.29 is 0 Å². The highest BCUT2D eigenvalue weighted by Gasteiger charge is 2.20. The monoisotopic (exact) mass is 638 g/mol. The first kappa shape index (κ1) is 28.6. The fraction of sp³-hybridized carbons (Fsp3) is 0.0417. The van der Waals surface area contributed by atoms with Gasteiger partial charge in [0.05, 0.1) is 16.6 Å². The van der Waals surface area contributed by atoms with Crippen molar-refractivity contribution >= 4 is 38.8 Å². The first-order chi connectivity index (χ1) is 24.8. The minimum atomic E-state index is 1.05. The van der Waals surface area contributed by atoms with Crippen molar-refractivity contribution in [3.8, 4) is 44.8 Å². The maximum atomic E-state index is 2.44. The third-order valence-corrected chi connectivity index (χ3v) is 10.4. The van der Waals surface area contributed by atoms with E-state index in [0.29, 0.717) is 0 Å². The number of fused-ring (bicyclic) bond motifs is 6. The maximum absolute atomic E-state index is 2.44. The molecule has 0 atom stereocenters. The fourth-order valence-corrected chi connectivity index (χ4v) is 7.99. The van der Waals surface area contributed by atoms with Gasteiger partial charge in [0.25, 0.3) is 0 Å². The zero-order valence-electron chi connectivity index (χ0n) is 27.6. The van der Waals surface area contributed by atoms with Gasteiger partial charge in [0.15, 0.2) is 0 Å². The van der Waals surface area contributed by atoms with E-state index in [1.807, 2.05) is 0 Å². The van der Waals surface area contributed by atoms with Gasteiger partial charge < -0.3 is 9.13 Å². The average molecular weight is 639 g/mol. The first-order valence-electron chi connectivity index (χ1n) is 17.5. The van der Waals surface area contributed by atoms with E-state index in [-0.39, 0.29) is 0 Å². The molecule has 50 heavy (non-hydrogen) atoms. The lowest BCUT2D eigenvalue weighted by Gasteiger charge is -2.13. The molecule has 0 saturated heterocycles. The Kier molecular flexibility index (Phi) is 6.67. The standard InChI is InChI=1S/C48H34N2/c1-4-12-33(13-5-1)35-20-25-40(26-21-35)49-45-19-11-10-18-41(45)43-30-36(23-28-46(43)49)37-24-29-47-44(31-37)42-27-22-38(34-14-6-2-7-15-34)32-48(42)50(47)39-16-8-3-9-17-39/h1-9,11-17,19-32H,10,18H2. The molecule has 0 aliphatic heterocycles. The van der Waals surface area contributed by atoms with Crippen LogP contribution in [0.5, 0.6) is 0 Å². The Hall–Kier alpha value is -6.38. The topological polar surface area (TPSA) is 9.86 Å². The van der Waals surface area contributed by atoms with Gasteiger partial charge in [-0.1, -0.05) is 121 Å². The number of nitrogens with zero attached hydrogens (tertiary/aromatic N) is 2. The lowest BCUT2D eigenvalue weighted by Crippen LogP contribution is -2.00. The summed E-state index contributed by atoms with van der Waals surface area (Å²) in [5.74, 6) is 0. The van der Waals surface area contributed by atoms with Gasteiger partial charge in [0.2, 0.25) is 0 Å².